The first-order valence-corrected chi connectivity index (χ1v) is 6.58. The zero-order chi connectivity index (χ0) is 14.1. The molecule has 1 heterocycles. The molecule has 3 aromatic rings. The molecule has 4 nitrogen and oxygen atoms in total. The molecule has 0 unspecified atom stereocenters. The minimum Gasteiger partial charge on any atom is -0.398 e. The van der Waals surface area contributed by atoms with Crippen molar-refractivity contribution in [3.8, 4) is 22.8 Å². The SMILES string of the molecule is Nc1ccc(F)cc1-c1nc(-c2cccc(Br)c2)no1. The van der Waals surface area contributed by atoms with Gasteiger partial charge < -0.3 is 10.3 Å². The van der Waals surface area contributed by atoms with Gasteiger partial charge in [-0.15, -0.1) is 0 Å². The van der Waals surface area contributed by atoms with Gasteiger partial charge in [-0.1, -0.05) is 33.2 Å². The van der Waals surface area contributed by atoms with Gasteiger partial charge in [0.1, 0.15) is 5.82 Å². The standard InChI is InChI=1S/C14H9BrFN3O/c15-9-3-1-2-8(6-9)13-18-14(20-19-13)11-7-10(16)4-5-12(11)17/h1-7H,17H2. The maximum Gasteiger partial charge on any atom is 0.260 e. The molecule has 0 radical (unpaired) electrons. The van der Waals surface area contributed by atoms with E-state index in [9.17, 15) is 4.39 Å². The van der Waals surface area contributed by atoms with Gasteiger partial charge in [0.25, 0.3) is 5.89 Å². The maximum absolute atomic E-state index is 13.3. The monoisotopic (exact) mass is 333 g/mol. The average Bonchev–Trinajstić information content (AvgIpc) is 2.91. The molecule has 6 heteroatoms. The second kappa shape index (κ2) is 5.05. The Balaban J connectivity index is 2.04. The molecule has 3 rings (SSSR count). The van der Waals surface area contributed by atoms with E-state index in [4.69, 9.17) is 10.3 Å². The van der Waals surface area contributed by atoms with Crippen LogP contribution in [0.15, 0.2) is 51.5 Å². The van der Waals surface area contributed by atoms with Crippen molar-refractivity contribution in [3.05, 3.63) is 52.8 Å². The van der Waals surface area contributed by atoms with Gasteiger partial charge in [-0.05, 0) is 30.3 Å². The van der Waals surface area contributed by atoms with Crippen molar-refractivity contribution < 1.29 is 8.91 Å². The van der Waals surface area contributed by atoms with E-state index in [0.29, 0.717) is 17.1 Å². The summed E-state index contributed by atoms with van der Waals surface area (Å²) < 4.78 is 19.3. The number of aromatic nitrogens is 2. The first-order chi connectivity index (χ1) is 9.63. The number of nitrogens with two attached hydrogens (primary N) is 1. The summed E-state index contributed by atoms with van der Waals surface area (Å²) in [5, 5.41) is 3.89. The quantitative estimate of drug-likeness (QED) is 0.722. The highest BCUT2D eigenvalue weighted by Crippen LogP contribution is 2.28. The van der Waals surface area contributed by atoms with Gasteiger partial charge in [0.2, 0.25) is 5.82 Å². The molecule has 0 amide bonds. The molecule has 1 aromatic heterocycles. The summed E-state index contributed by atoms with van der Waals surface area (Å²) in [6.45, 7) is 0. The van der Waals surface area contributed by atoms with Gasteiger partial charge in [0.15, 0.2) is 0 Å². The molecule has 0 spiro atoms. The van der Waals surface area contributed by atoms with E-state index in [0.717, 1.165) is 10.0 Å². The van der Waals surface area contributed by atoms with Crippen LogP contribution in [0, 0.1) is 5.82 Å². The van der Waals surface area contributed by atoms with Crippen molar-refractivity contribution in [3.63, 3.8) is 0 Å². The lowest BCUT2D eigenvalue weighted by molar-refractivity contribution is 0.432. The van der Waals surface area contributed by atoms with Crippen molar-refractivity contribution in [2.45, 2.75) is 0 Å². The van der Waals surface area contributed by atoms with E-state index in [-0.39, 0.29) is 5.89 Å². The van der Waals surface area contributed by atoms with E-state index < -0.39 is 5.82 Å². The van der Waals surface area contributed by atoms with E-state index >= 15 is 0 Å². The Morgan fingerprint density at radius 2 is 2.00 bits per heavy atom. The number of hydrogen-bond donors (Lipinski definition) is 1. The molecule has 2 N–H and O–H groups in total. The van der Waals surface area contributed by atoms with Crippen LogP contribution in [-0.2, 0) is 0 Å². The molecule has 0 fully saturated rings. The van der Waals surface area contributed by atoms with Crippen LogP contribution in [0.3, 0.4) is 0 Å². The smallest absolute Gasteiger partial charge is 0.260 e. The molecule has 20 heavy (non-hydrogen) atoms. The second-order valence-electron chi connectivity index (χ2n) is 4.17. The topological polar surface area (TPSA) is 64.9 Å². The lowest BCUT2D eigenvalue weighted by atomic mass is 10.1. The fourth-order valence-electron chi connectivity index (χ4n) is 1.79. The molecular weight excluding hydrogens is 325 g/mol. The Labute approximate surface area is 122 Å². The largest absolute Gasteiger partial charge is 0.398 e. The van der Waals surface area contributed by atoms with Crippen LogP contribution in [0.4, 0.5) is 10.1 Å². The number of hydrogen-bond acceptors (Lipinski definition) is 4. The first-order valence-electron chi connectivity index (χ1n) is 5.78. The van der Waals surface area contributed by atoms with Crippen LogP contribution in [0.5, 0.6) is 0 Å². The summed E-state index contributed by atoms with van der Waals surface area (Å²) in [5.74, 6) is 0.207. The Morgan fingerprint density at radius 3 is 2.80 bits per heavy atom. The predicted octanol–water partition coefficient (Wildman–Crippen LogP) is 3.89. The van der Waals surface area contributed by atoms with E-state index in [1.54, 1.807) is 0 Å². The van der Waals surface area contributed by atoms with Crippen LogP contribution in [0.25, 0.3) is 22.8 Å². The molecule has 0 atom stereocenters. The molecule has 100 valence electrons. The summed E-state index contributed by atoms with van der Waals surface area (Å²) in [6.07, 6.45) is 0. The van der Waals surface area contributed by atoms with Gasteiger partial charge in [0, 0.05) is 15.7 Å². The number of anilines is 1. The molecule has 0 aliphatic heterocycles. The van der Waals surface area contributed by atoms with Gasteiger partial charge in [0.05, 0.1) is 5.56 Å². The third-order valence-corrected chi connectivity index (χ3v) is 3.25. The van der Waals surface area contributed by atoms with Crippen molar-refractivity contribution in [1.82, 2.24) is 10.1 Å². The summed E-state index contributed by atoms with van der Waals surface area (Å²) >= 11 is 3.38. The molecule has 0 saturated carbocycles. The van der Waals surface area contributed by atoms with Gasteiger partial charge >= 0.3 is 0 Å². The highest BCUT2D eigenvalue weighted by molar-refractivity contribution is 9.10. The number of rotatable bonds is 2. The normalized spacial score (nSPS) is 10.7. The van der Waals surface area contributed by atoms with Gasteiger partial charge in [-0.25, -0.2) is 4.39 Å². The summed E-state index contributed by atoms with van der Waals surface area (Å²) in [5.41, 5.74) is 7.36. The molecule has 2 aromatic carbocycles. The Morgan fingerprint density at radius 1 is 1.15 bits per heavy atom. The highest BCUT2D eigenvalue weighted by Gasteiger charge is 2.14. The van der Waals surface area contributed by atoms with E-state index in [1.165, 1.54) is 18.2 Å². The van der Waals surface area contributed by atoms with Gasteiger partial charge in [-0.2, -0.15) is 4.98 Å². The Hall–Kier alpha value is -2.21. The third kappa shape index (κ3) is 2.42. The third-order valence-electron chi connectivity index (χ3n) is 2.75. The van der Waals surface area contributed by atoms with E-state index in [1.807, 2.05) is 24.3 Å². The minimum atomic E-state index is -0.406. The van der Waals surface area contributed by atoms with Crippen LogP contribution in [0.2, 0.25) is 0 Å². The van der Waals surface area contributed by atoms with Gasteiger partial charge in [-0.3, -0.25) is 0 Å². The van der Waals surface area contributed by atoms with Crippen LogP contribution >= 0.6 is 15.9 Å². The Kier molecular flexibility index (Phi) is 3.23. The van der Waals surface area contributed by atoms with Crippen molar-refractivity contribution in [1.29, 1.82) is 0 Å². The summed E-state index contributed by atoms with van der Waals surface area (Å²) in [4.78, 5) is 4.25. The molecule has 0 aliphatic rings. The Bertz CT molecular complexity index is 773. The zero-order valence-corrected chi connectivity index (χ0v) is 11.8. The maximum atomic E-state index is 13.3. The van der Waals surface area contributed by atoms with Crippen LogP contribution in [-0.4, -0.2) is 10.1 Å². The van der Waals surface area contributed by atoms with E-state index in [2.05, 4.69) is 26.1 Å². The number of nitrogens with zero attached hydrogens (tertiary/aromatic N) is 2. The van der Waals surface area contributed by atoms with Crippen molar-refractivity contribution >= 4 is 21.6 Å². The number of benzene rings is 2. The number of halogens is 2. The predicted molar refractivity (Wildman–Crippen MR) is 77.2 cm³/mol. The first kappa shape index (κ1) is 12.8. The average molecular weight is 334 g/mol. The number of nitrogen functional groups attached to an aromatic ring is 1. The zero-order valence-electron chi connectivity index (χ0n) is 10.2. The minimum absolute atomic E-state index is 0.192. The lowest BCUT2D eigenvalue weighted by Gasteiger charge is -1.99. The molecular formula is C14H9BrFN3O. The highest BCUT2D eigenvalue weighted by atomic mass is 79.9. The fourth-order valence-corrected chi connectivity index (χ4v) is 2.19. The fraction of sp³-hybridized carbons (Fsp3) is 0. The van der Waals surface area contributed by atoms with Crippen LogP contribution in [0.1, 0.15) is 0 Å². The van der Waals surface area contributed by atoms with Crippen LogP contribution < -0.4 is 5.73 Å². The second-order valence-corrected chi connectivity index (χ2v) is 5.08. The van der Waals surface area contributed by atoms with Crippen molar-refractivity contribution in [2.24, 2.45) is 0 Å². The summed E-state index contributed by atoms with van der Waals surface area (Å²) in [7, 11) is 0. The molecule has 0 bridgehead atoms. The molecule has 0 saturated heterocycles. The molecule has 0 aliphatic carbocycles. The van der Waals surface area contributed by atoms with Crippen molar-refractivity contribution in [2.75, 3.05) is 5.73 Å². The lowest BCUT2D eigenvalue weighted by Crippen LogP contribution is -1.91. The summed E-state index contributed by atoms with van der Waals surface area (Å²) in [6, 6.07) is 11.5.